The van der Waals surface area contributed by atoms with Crippen molar-refractivity contribution in [3.63, 3.8) is 0 Å². The third-order valence-electron chi connectivity index (χ3n) is 2.65. The molecular weight excluding hydrogens is 288 g/mol. The van der Waals surface area contributed by atoms with Crippen molar-refractivity contribution in [3.8, 4) is 11.6 Å². The van der Waals surface area contributed by atoms with E-state index >= 15 is 0 Å². The highest BCUT2D eigenvalue weighted by Gasteiger charge is 2.06. The van der Waals surface area contributed by atoms with Crippen molar-refractivity contribution < 1.29 is 19.2 Å². The van der Waals surface area contributed by atoms with E-state index in [0.717, 1.165) is 0 Å². The van der Waals surface area contributed by atoms with Crippen LogP contribution in [0.4, 0.5) is 5.69 Å². The first-order valence-corrected chi connectivity index (χ1v) is 6.23. The maximum atomic E-state index is 11.6. The van der Waals surface area contributed by atoms with Gasteiger partial charge < -0.3 is 9.47 Å². The Labute approximate surface area is 126 Å². The first-order valence-electron chi connectivity index (χ1n) is 6.23. The van der Waals surface area contributed by atoms with Gasteiger partial charge in [0.2, 0.25) is 5.88 Å². The number of esters is 1. The molecule has 2 rings (SSSR count). The molecule has 0 saturated carbocycles. The molecule has 22 heavy (non-hydrogen) atoms. The Kier molecular flexibility index (Phi) is 4.81. The van der Waals surface area contributed by atoms with Crippen LogP contribution < -0.4 is 9.47 Å². The molecule has 0 fully saturated rings. The van der Waals surface area contributed by atoms with Gasteiger partial charge in [-0.2, -0.15) is 0 Å². The molecule has 0 atom stereocenters. The number of non-ortho nitro benzene ring substituents is 1. The Morgan fingerprint density at radius 3 is 2.50 bits per heavy atom. The number of aromatic nitrogens is 1. The van der Waals surface area contributed by atoms with E-state index in [1.54, 1.807) is 24.4 Å². The van der Waals surface area contributed by atoms with Crippen LogP contribution in [0, 0.1) is 10.1 Å². The van der Waals surface area contributed by atoms with Crippen LogP contribution in [0.25, 0.3) is 6.08 Å². The van der Waals surface area contributed by atoms with Crippen molar-refractivity contribution in [3.05, 3.63) is 64.3 Å². The molecule has 2 aromatic rings. The lowest BCUT2D eigenvalue weighted by atomic mass is 10.2. The van der Waals surface area contributed by atoms with Crippen molar-refractivity contribution in [1.82, 2.24) is 4.98 Å². The third kappa shape index (κ3) is 4.14. The lowest BCUT2D eigenvalue weighted by Crippen LogP contribution is -2.03. The SMILES string of the molecule is COc1ccc(/C=C/C(=O)Oc2ccc([N+](=O)[O-])cc2)cn1. The van der Waals surface area contributed by atoms with Crippen LogP contribution >= 0.6 is 0 Å². The lowest BCUT2D eigenvalue weighted by molar-refractivity contribution is -0.384. The summed E-state index contributed by atoms with van der Waals surface area (Å²) in [5.74, 6) is 0.114. The van der Waals surface area contributed by atoms with Gasteiger partial charge in [-0.25, -0.2) is 9.78 Å². The Morgan fingerprint density at radius 1 is 1.23 bits per heavy atom. The minimum atomic E-state index is -0.593. The van der Waals surface area contributed by atoms with Gasteiger partial charge in [0.05, 0.1) is 12.0 Å². The molecule has 0 unspecified atom stereocenters. The van der Waals surface area contributed by atoms with Crippen LogP contribution in [0.15, 0.2) is 48.7 Å². The van der Waals surface area contributed by atoms with E-state index < -0.39 is 10.9 Å². The van der Waals surface area contributed by atoms with Crippen molar-refractivity contribution in [2.45, 2.75) is 0 Å². The molecule has 112 valence electrons. The normalized spacial score (nSPS) is 10.4. The summed E-state index contributed by atoms with van der Waals surface area (Å²) in [7, 11) is 1.51. The van der Waals surface area contributed by atoms with Gasteiger partial charge in [-0.15, -0.1) is 0 Å². The molecule has 0 saturated heterocycles. The molecule has 7 nitrogen and oxygen atoms in total. The van der Waals surface area contributed by atoms with E-state index in [1.165, 1.54) is 37.5 Å². The maximum absolute atomic E-state index is 11.6. The van der Waals surface area contributed by atoms with Crippen LogP contribution in [0.5, 0.6) is 11.6 Å². The fourth-order valence-corrected chi connectivity index (χ4v) is 1.56. The lowest BCUT2D eigenvalue weighted by Gasteiger charge is -2.01. The second-order valence-electron chi connectivity index (χ2n) is 4.14. The van der Waals surface area contributed by atoms with E-state index in [9.17, 15) is 14.9 Å². The third-order valence-corrected chi connectivity index (χ3v) is 2.65. The van der Waals surface area contributed by atoms with E-state index in [4.69, 9.17) is 9.47 Å². The first kappa shape index (κ1) is 15.2. The van der Waals surface area contributed by atoms with Crippen LogP contribution in [0.2, 0.25) is 0 Å². The topological polar surface area (TPSA) is 91.6 Å². The second-order valence-corrected chi connectivity index (χ2v) is 4.14. The molecule has 0 aliphatic rings. The highest BCUT2D eigenvalue weighted by Crippen LogP contribution is 2.17. The summed E-state index contributed by atoms with van der Waals surface area (Å²) in [4.78, 5) is 25.6. The molecule has 1 aromatic carbocycles. The zero-order valence-electron chi connectivity index (χ0n) is 11.6. The van der Waals surface area contributed by atoms with Gasteiger partial charge in [0, 0.05) is 30.5 Å². The summed E-state index contributed by atoms with van der Waals surface area (Å²) in [6.45, 7) is 0. The fraction of sp³-hybridized carbons (Fsp3) is 0.0667. The summed E-state index contributed by atoms with van der Waals surface area (Å²) < 4.78 is 9.95. The molecule has 7 heteroatoms. The fourth-order valence-electron chi connectivity index (χ4n) is 1.56. The summed E-state index contributed by atoms with van der Waals surface area (Å²) in [6.07, 6.45) is 4.33. The first-order chi connectivity index (χ1) is 10.6. The molecule has 0 aliphatic heterocycles. The summed E-state index contributed by atoms with van der Waals surface area (Å²) in [5.41, 5.74) is 0.640. The van der Waals surface area contributed by atoms with Crippen LogP contribution in [-0.2, 0) is 4.79 Å². The van der Waals surface area contributed by atoms with Crippen molar-refractivity contribution in [2.24, 2.45) is 0 Å². The number of nitro groups is 1. The average molecular weight is 300 g/mol. The van der Waals surface area contributed by atoms with E-state index in [-0.39, 0.29) is 11.4 Å². The molecule has 0 N–H and O–H groups in total. The van der Waals surface area contributed by atoms with Crippen molar-refractivity contribution >= 4 is 17.7 Å². The monoisotopic (exact) mass is 300 g/mol. The minimum Gasteiger partial charge on any atom is -0.481 e. The predicted octanol–water partition coefficient (Wildman–Crippen LogP) is 2.62. The van der Waals surface area contributed by atoms with Crippen molar-refractivity contribution in [2.75, 3.05) is 7.11 Å². The van der Waals surface area contributed by atoms with Gasteiger partial charge in [-0.05, 0) is 29.8 Å². The minimum absolute atomic E-state index is 0.0698. The van der Waals surface area contributed by atoms with E-state index in [2.05, 4.69) is 4.98 Å². The average Bonchev–Trinajstić information content (AvgIpc) is 2.54. The molecule has 0 radical (unpaired) electrons. The zero-order chi connectivity index (χ0) is 15.9. The molecule has 1 aromatic heterocycles. The zero-order valence-corrected chi connectivity index (χ0v) is 11.6. The van der Waals surface area contributed by atoms with Crippen LogP contribution in [0.1, 0.15) is 5.56 Å². The highest BCUT2D eigenvalue weighted by molar-refractivity contribution is 5.88. The number of pyridine rings is 1. The smallest absolute Gasteiger partial charge is 0.336 e. The number of benzene rings is 1. The molecular formula is C15H12N2O5. The number of carbonyl (C=O) groups is 1. The Morgan fingerprint density at radius 2 is 1.95 bits per heavy atom. The second kappa shape index (κ2) is 6.98. The number of carbonyl (C=O) groups excluding carboxylic acids is 1. The standard InChI is InChI=1S/C15H12N2O5/c1-21-14-8-2-11(10-16-14)3-9-15(18)22-13-6-4-12(5-7-13)17(19)20/h2-10H,1H3/b9-3+. The number of nitro benzene ring substituents is 1. The number of ether oxygens (including phenoxy) is 2. The molecule has 0 aliphatic carbocycles. The Hall–Kier alpha value is -3.22. The highest BCUT2D eigenvalue weighted by atomic mass is 16.6. The van der Waals surface area contributed by atoms with Gasteiger partial charge in [0.25, 0.3) is 5.69 Å². The van der Waals surface area contributed by atoms with Gasteiger partial charge in [-0.1, -0.05) is 0 Å². The summed E-state index contributed by atoms with van der Waals surface area (Å²) in [6, 6.07) is 8.65. The predicted molar refractivity (Wildman–Crippen MR) is 78.6 cm³/mol. The Bertz CT molecular complexity index is 693. The van der Waals surface area contributed by atoms with Crippen LogP contribution in [0.3, 0.4) is 0 Å². The summed E-state index contributed by atoms with van der Waals surface area (Å²) in [5, 5.41) is 10.5. The van der Waals surface area contributed by atoms with Gasteiger partial charge in [0.15, 0.2) is 0 Å². The van der Waals surface area contributed by atoms with Gasteiger partial charge >= 0.3 is 5.97 Å². The Balaban J connectivity index is 1.96. The maximum Gasteiger partial charge on any atom is 0.336 e. The number of hydrogen-bond donors (Lipinski definition) is 0. The molecule has 0 bridgehead atoms. The van der Waals surface area contributed by atoms with Gasteiger partial charge in [-0.3, -0.25) is 10.1 Å². The largest absolute Gasteiger partial charge is 0.481 e. The molecule has 0 spiro atoms. The summed E-state index contributed by atoms with van der Waals surface area (Å²) >= 11 is 0. The quantitative estimate of drug-likeness (QED) is 0.277. The number of methoxy groups -OCH3 is 1. The number of nitrogens with zero attached hydrogens (tertiary/aromatic N) is 2. The molecule has 1 heterocycles. The molecule has 0 amide bonds. The number of hydrogen-bond acceptors (Lipinski definition) is 6. The van der Waals surface area contributed by atoms with Crippen LogP contribution in [-0.4, -0.2) is 23.0 Å². The van der Waals surface area contributed by atoms with E-state index in [1.807, 2.05) is 0 Å². The van der Waals surface area contributed by atoms with Gasteiger partial charge in [0.1, 0.15) is 5.75 Å². The van der Waals surface area contributed by atoms with Crippen molar-refractivity contribution in [1.29, 1.82) is 0 Å². The number of rotatable bonds is 5. The van der Waals surface area contributed by atoms with E-state index in [0.29, 0.717) is 11.4 Å².